The third-order valence-electron chi connectivity index (χ3n) is 2.93. The van der Waals surface area contributed by atoms with Crippen LogP contribution < -0.4 is 5.32 Å². The average Bonchev–Trinajstić information content (AvgIpc) is 2.36. The van der Waals surface area contributed by atoms with Gasteiger partial charge in [-0.05, 0) is 25.6 Å². The molecule has 1 aromatic carbocycles. The van der Waals surface area contributed by atoms with Crippen LogP contribution in [0.2, 0.25) is 0 Å². The highest BCUT2D eigenvalue weighted by molar-refractivity contribution is 5.78. The molecule has 2 N–H and O–H groups in total. The maximum absolute atomic E-state index is 10.4. The lowest BCUT2D eigenvalue weighted by atomic mass is 9.96. The molecule has 1 unspecified atom stereocenters. The van der Waals surface area contributed by atoms with Crippen molar-refractivity contribution in [3.05, 3.63) is 42.1 Å². The molecule has 17 heavy (non-hydrogen) atoms. The highest BCUT2D eigenvalue weighted by Crippen LogP contribution is 2.22. The number of benzene rings is 1. The zero-order valence-electron chi connectivity index (χ0n) is 10.3. The molecular formula is C14H18N2O. The number of para-hydroxylation sites is 1. The van der Waals surface area contributed by atoms with Gasteiger partial charge >= 0.3 is 0 Å². The van der Waals surface area contributed by atoms with Gasteiger partial charge in [0, 0.05) is 23.7 Å². The zero-order valence-corrected chi connectivity index (χ0v) is 10.3. The number of aliphatic hydroxyl groups is 1. The SMILES string of the molecule is CCNCC(C)(O)c1cnc2ccccc2c1. The summed E-state index contributed by atoms with van der Waals surface area (Å²) in [7, 11) is 0. The molecule has 1 atom stereocenters. The van der Waals surface area contributed by atoms with Crippen LogP contribution in [0.25, 0.3) is 10.9 Å². The Morgan fingerprint density at radius 1 is 1.35 bits per heavy atom. The molecule has 0 fully saturated rings. The summed E-state index contributed by atoms with van der Waals surface area (Å²) >= 11 is 0. The lowest BCUT2D eigenvalue weighted by molar-refractivity contribution is 0.0574. The third-order valence-corrected chi connectivity index (χ3v) is 2.93. The molecule has 0 saturated heterocycles. The summed E-state index contributed by atoms with van der Waals surface area (Å²) in [6.45, 7) is 5.21. The van der Waals surface area contributed by atoms with Crippen molar-refractivity contribution in [2.24, 2.45) is 0 Å². The van der Waals surface area contributed by atoms with E-state index in [-0.39, 0.29) is 0 Å². The van der Waals surface area contributed by atoms with Crippen LogP contribution in [0.3, 0.4) is 0 Å². The monoisotopic (exact) mass is 230 g/mol. The second-order valence-electron chi connectivity index (χ2n) is 4.47. The second-order valence-corrected chi connectivity index (χ2v) is 4.47. The first-order valence-electron chi connectivity index (χ1n) is 5.92. The first kappa shape index (κ1) is 12.0. The molecule has 1 aromatic heterocycles. The minimum Gasteiger partial charge on any atom is -0.384 e. The van der Waals surface area contributed by atoms with Gasteiger partial charge < -0.3 is 10.4 Å². The molecule has 2 rings (SSSR count). The van der Waals surface area contributed by atoms with Crippen molar-refractivity contribution in [3.8, 4) is 0 Å². The van der Waals surface area contributed by atoms with Gasteiger partial charge in [0.05, 0.1) is 5.52 Å². The highest BCUT2D eigenvalue weighted by Gasteiger charge is 2.22. The fourth-order valence-corrected chi connectivity index (χ4v) is 1.84. The average molecular weight is 230 g/mol. The number of rotatable bonds is 4. The van der Waals surface area contributed by atoms with E-state index in [2.05, 4.69) is 10.3 Å². The summed E-state index contributed by atoms with van der Waals surface area (Å²) in [5, 5.41) is 14.6. The van der Waals surface area contributed by atoms with Crippen LogP contribution >= 0.6 is 0 Å². The van der Waals surface area contributed by atoms with Crippen LogP contribution in [-0.2, 0) is 5.60 Å². The third kappa shape index (κ3) is 2.62. The first-order chi connectivity index (χ1) is 8.13. The van der Waals surface area contributed by atoms with E-state index in [4.69, 9.17) is 0 Å². The fourth-order valence-electron chi connectivity index (χ4n) is 1.84. The van der Waals surface area contributed by atoms with Crippen LogP contribution in [0.4, 0.5) is 0 Å². The number of hydrogen-bond acceptors (Lipinski definition) is 3. The van der Waals surface area contributed by atoms with Gasteiger partial charge in [-0.3, -0.25) is 4.98 Å². The molecule has 2 aromatic rings. The van der Waals surface area contributed by atoms with Crippen LogP contribution in [0.5, 0.6) is 0 Å². The van der Waals surface area contributed by atoms with E-state index in [1.165, 1.54) is 0 Å². The molecule has 0 saturated carbocycles. The molecule has 90 valence electrons. The Morgan fingerprint density at radius 3 is 2.88 bits per heavy atom. The van der Waals surface area contributed by atoms with Crippen molar-refractivity contribution >= 4 is 10.9 Å². The lowest BCUT2D eigenvalue weighted by Gasteiger charge is -2.24. The topological polar surface area (TPSA) is 45.1 Å². The maximum atomic E-state index is 10.4. The van der Waals surface area contributed by atoms with Crippen LogP contribution in [0, 0.1) is 0 Å². The van der Waals surface area contributed by atoms with Gasteiger partial charge in [0.2, 0.25) is 0 Å². The summed E-state index contributed by atoms with van der Waals surface area (Å²) in [6, 6.07) is 9.92. The van der Waals surface area contributed by atoms with Crippen molar-refractivity contribution in [2.75, 3.05) is 13.1 Å². The number of hydrogen-bond donors (Lipinski definition) is 2. The lowest BCUT2D eigenvalue weighted by Crippen LogP contribution is -2.35. The van der Waals surface area contributed by atoms with E-state index in [9.17, 15) is 5.11 Å². The van der Waals surface area contributed by atoms with Gasteiger partial charge in [0.1, 0.15) is 5.60 Å². The molecule has 0 aliphatic heterocycles. The quantitative estimate of drug-likeness (QED) is 0.845. The molecular weight excluding hydrogens is 212 g/mol. The van der Waals surface area contributed by atoms with Crippen molar-refractivity contribution < 1.29 is 5.11 Å². The van der Waals surface area contributed by atoms with Gasteiger partial charge in [-0.25, -0.2) is 0 Å². The van der Waals surface area contributed by atoms with Crippen molar-refractivity contribution in [3.63, 3.8) is 0 Å². The molecule has 0 radical (unpaired) electrons. The molecule has 0 amide bonds. The Hall–Kier alpha value is -1.45. The van der Waals surface area contributed by atoms with Gasteiger partial charge in [0.25, 0.3) is 0 Å². The van der Waals surface area contributed by atoms with Gasteiger partial charge in [-0.15, -0.1) is 0 Å². The predicted octanol–water partition coefficient (Wildman–Crippen LogP) is 2.05. The van der Waals surface area contributed by atoms with E-state index in [1.807, 2.05) is 37.3 Å². The molecule has 1 heterocycles. The van der Waals surface area contributed by atoms with E-state index in [0.29, 0.717) is 6.54 Å². The first-order valence-corrected chi connectivity index (χ1v) is 5.92. The van der Waals surface area contributed by atoms with Crippen molar-refractivity contribution in [1.82, 2.24) is 10.3 Å². The molecule has 3 nitrogen and oxygen atoms in total. The summed E-state index contributed by atoms with van der Waals surface area (Å²) in [4.78, 5) is 4.37. The number of fused-ring (bicyclic) bond motifs is 1. The zero-order chi connectivity index (χ0) is 12.3. The smallest absolute Gasteiger partial charge is 0.101 e. The number of likely N-dealkylation sites (N-methyl/N-ethyl adjacent to an activating group) is 1. The minimum atomic E-state index is -0.882. The molecule has 0 spiro atoms. The second kappa shape index (κ2) is 4.82. The number of nitrogens with one attached hydrogen (secondary N) is 1. The van der Waals surface area contributed by atoms with Crippen LogP contribution in [-0.4, -0.2) is 23.2 Å². The summed E-state index contributed by atoms with van der Waals surface area (Å²) in [5.74, 6) is 0. The Bertz CT molecular complexity index is 508. The predicted molar refractivity (Wildman–Crippen MR) is 69.9 cm³/mol. The number of nitrogens with zero attached hydrogens (tertiary/aromatic N) is 1. The largest absolute Gasteiger partial charge is 0.384 e. The Balaban J connectivity index is 2.35. The highest BCUT2D eigenvalue weighted by atomic mass is 16.3. The fraction of sp³-hybridized carbons (Fsp3) is 0.357. The normalized spacial score (nSPS) is 14.8. The van der Waals surface area contributed by atoms with E-state index in [1.54, 1.807) is 13.1 Å². The minimum absolute atomic E-state index is 0.531. The van der Waals surface area contributed by atoms with E-state index in [0.717, 1.165) is 23.0 Å². The Kier molecular flexibility index (Phi) is 3.41. The maximum Gasteiger partial charge on any atom is 0.101 e. The molecule has 0 bridgehead atoms. The van der Waals surface area contributed by atoms with Crippen LogP contribution in [0.1, 0.15) is 19.4 Å². The van der Waals surface area contributed by atoms with Gasteiger partial charge in [-0.2, -0.15) is 0 Å². The Labute approximate surface area is 102 Å². The van der Waals surface area contributed by atoms with Gasteiger partial charge in [0.15, 0.2) is 0 Å². The van der Waals surface area contributed by atoms with Gasteiger partial charge in [-0.1, -0.05) is 25.1 Å². The summed E-state index contributed by atoms with van der Waals surface area (Å²) in [5.41, 5.74) is 0.917. The molecule has 0 aliphatic rings. The molecule has 3 heteroatoms. The van der Waals surface area contributed by atoms with Crippen molar-refractivity contribution in [1.29, 1.82) is 0 Å². The van der Waals surface area contributed by atoms with Crippen molar-refractivity contribution in [2.45, 2.75) is 19.4 Å². The number of pyridine rings is 1. The van der Waals surface area contributed by atoms with Crippen LogP contribution in [0.15, 0.2) is 36.5 Å². The Morgan fingerprint density at radius 2 is 2.12 bits per heavy atom. The van der Waals surface area contributed by atoms with E-state index < -0.39 is 5.60 Å². The standard InChI is InChI=1S/C14H18N2O/c1-3-15-10-14(2,17)12-8-11-6-4-5-7-13(11)16-9-12/h4-9,15,17H,3,10H2,1-2H3. The summed E-state index contributed by atoms with van der Waals surface area (Å²) < 4.78 is 0. The number of aromatic nitrogens is 1. The molecule has 0 aliphatic carbocycles. The van der Waals surface area contributed by atoms with E-state index >= 15 is 0 Å². The summed E-state index contributed by atoms with van der Waals surface area (Å²) in [6.07, 6.45) is 1.75.